The van der Waals surface area contributed by atoms with Gasteiger partial charge in [-0.05, 0) is 6.42 Å². The highest BCUT2D eigenvalue weighted by atomic mass is 16.6. The second kappa shape index (κ2) is 11.7. The molecule has 0 spiro atoms. The van der Waals surface area contributed by atoms with Crippen LogP contribution in [0.2, 0.25) is 0 Å². The first kappa shape index (κ1) is 19.2. The van der Waals surface area contributed by atoms with E-state index in [1.165, 1.54) is 64.2 Å². The van der Waals surface area contributed by atoms with Crippen molar-refractivity contribution in [3.63, 3.8) is 0 Å². The van der Waals surface area contributed by atoms with E-state index >= 15 is 0 Å². The van der Waals surface area contributed by atoms with E-state index in [2.05, 4.69) is 13.5 Å². The molecule has 1 aliphatic rings. The van der Waals surface area contributed by atoms with Crippen LogP contribution < -0.4 is 0 Å². The molecule has 1 fully saturated rings. The summed E-state index contributed by atoms with van der Waals surface area (Å²) in [5.41, 5.74) is 0. The van der Waals surface area contributed by atoms with Gasteiger partial charge < -0.3 is 9.84 Å². The van der Waals surface area contributed by atoms with Crippen molar-refractivity contribution >= 4 is 5.97 Å². The maximum absolute atomic E-state index is 11.5. The number of hydrogen-bond acceptors (Lipinski definition) is 3. The van der Waals surface area contributed by atoms with Crippen molar-refractivity contribution in [2.24, 2.45) is 5.92 Å². The van der Waals surface area contributed by atoms with E-state index in [1.54, 1.807) is 0 Å². The topological polar surface area (TPSA) is 46.5 Å². The Balaban J connectivity index is 1.86. The van der Waals surface area contributed by atoms with E-state index < -0.39 is 6.10 Å². The van der Waals surface area contributed by atoms with Gasteiger partial charge in [0, 0.05) is 0 Å². The van der Waals surface area contributed by atoms with Crippen molar-refractivity contribution in [1.82, 2.24) is 0 Å². The van der Waals surface area contributed by atoms with Gasteiger partial charge in [-0.3, -0.25) is 4.79 Å². The lowest BCUT2D eigenvalue weighted by molar-refractivity contribution is -0.139. The van der Waals surface area contributed by atoms with Crippen LogP contribution in [0.5, 0.6) is 0 Å². The summed E-state index contributed by atoms with van der Waals surface area (Å²) in [7, 11) is 0. The average Bonchev–Trinajstić information content (AvgIpc) is 2.74. The number of aliphatic hydroxyl groups excluding tert-OH is 1. The van der Waals surface area contributed by atoms with Gasteiger partial charge in [-0.1, -0.05) is 90.6 Å². The van der Waals surface area contributed by atoms with Gasteiger partial charge in [0.05, 0.1) is 5.92 Å². The molecule has 0 radical (unpaired) electrons. The van der Waals surface area contributed by atoms with Crippen LogP contribution in [0.25, 0.3) is 0 Å². The average molecular weight is 310 g/mol. The highest BCUT2D eigenvalue weighted by Gasteiger charge is 2.38. The number of aliphatic hydroxyl groups is 1. The Morgan fingerprint density at radius 1 is 0.909 bits per heavy atom. The monoisotopic (exact) mass is 310 g/mol. The fourth-order valence-corrected chi connectivity index (χ4v) is 3.10. The molecule has 0 aromatic carbocycles. The third-order valence-corrected chi connectivity index (χ3v) is 4.61. The molecule has 1 aliphatic heterocycles. The molecule has 0 unspecified atom stereocenters. The molecule has 1 heterocycles. The maximum atomic E-state index is 11.5. The Hall–Kier alpha value is -0.830. The molecule has 2 atom stereocenters. The molecule has 1 N–H and O–H groups in total. The summed E-state index contributed by atoms with van der Waals surface area (Å²) >= 11 is 0. The fraction of sp³-hybridized carbons (Fsp3) is 0.842. The van der Waals surface area contributed by atoms with Crippen LogP contribution in [0, 0.1) is 5.92 Å². The minimum atomic E-state index is -0.791. The van der Waals surface area contributed by atoms with E-state index in [9.17, 15) is 9.90 Å². The SMILES string of the molecule is C=C1OC(=O)[C@H](CCCCCCCCCCCCCC)[C@@H]1O. The minimum Gasteiger partial charge on any atom is -0.429 e. The van der Waals surface area contributed by atoms with Crippen LogP contribution in [0.1, 0.15) is 90.4 Å². The smallest absolute Gasteiger partial charge is 0.317 e. The summed E-state index contributed by atoms with van der Waals surface area (Å²) in [6, 6.07) is 0. The standard InChI is InChI=1S/C19H34O3/c1-3-4-5-6-7-8-9-10-11-12-13-14-15-17-18(20)16(2)22-19(17)21/h17-18,20H,2-15H2,1H3/t17-,18-/m1/s1. The van der Waals surface area contributed by atoms with Crippen LogP contribution in [0.3, 0.4) is 0 Å². The van der Waals surface area contributed by atoms with Gasteiger partial charge in [-0.25, -0.2) is 0 Å². The molecule has 0 amide bonds. The number of carbonyl (C=O) groups is 1. The van der Waals surface area contributed by atoms with E-state index in [1.807, 2.05) is 0 Å². The van der Waals surface area contributed by atoms with E-state index in [0.29, 0.717) is 0 Å². The maximum Gasteiger partial charge on any atom is 0.317 e. The third-order valence-electron chi connectivity index (χ3n) is 4.61. The summed E-state index contributed by atoms with van der Waals surface area (Å²) in [5, 5.41) is 9.76. The highest BCUT2D eigenvalue weighted by Crippen LogP contribution is 2.28. The summed E-state index contributed by atoms with van der Waals surface area (Å²) in [6.07, 6.45) is 15.6. The molecule has 0 aliphatic carbocycles. The number of rotatable bonds is 13. The zero-order chi connectivity index (χ0) is 16.2. The Labute approximate surface area is 136 Å². The van der Waals surface area contributed by atoms with Crippen molar-refractivity contribution in [2.75, 3.05) is 0 Å². The molecule has 0 aromatic heterocycles. The molecule has 22 heavy (non-hydrogen) atoms. The normalized spacial score (nSPS) is 21.4. The lowest BCUT2D eigenvalue weighted by atomic mass is 9.96. The molecule has 128 valence electrons. The molecular formula is C19H34O3. The summed E-state index contributed by atoms with van der Waals surface area (Å²) in [4.78, 5) is 11.5. The lowest BCUT2D eigenvalue weighted by Gasteiger charge is -2.09. The Bertz CT molecular complexity index is 325. The number of ether oxygens (including phenoxy) is 1. The number of carbonyl (C=O) groups excluding carboxylic acids is 1. The number of esters is 1. The summed E-state index contributed by atoms with van der Waals surface area (Å²) < 4.78 is 4.86. The Kier molecular flexibility index (Phi) is 10.2. The van der Waals surface area contributed by atoms with E-state index in [0.717, 1.165) is 19.3 Å². The molecule has 0 aromatic rings. The third kappa shape index (κ3) is 7.44. The molecule has 1 rings (SSSR count). The van der Waals surface area contributed by atoms with Crippen LogP contribution in [-0.4, -0.2) is 17.2 Å². The van der Waals surface area contributed by atoms with Gasteiger partial charge in [0.1, 0.15) is 11.9 Å². The van der Waals surface area contributed by atoms with Crippen LogP contribution in [0.4, 0.5) is 0 Å². The van der Waals surface area contributed by atoms with Crippen molar-refractivity contribution in [2.45, 2.75) is 96.5 Å². The Morgan fingerprint density at radius 2 is 1.36 bits per heavy atom. The number of hydrogen-bond donors (Lipinski definition) is 1. The Morgan fingerprint density at radius 3 is 1.77 bits per heavy atom. The van der Waals surface area contributed by atoms with Gasteiger partial charge >= 0.3 is 5.97 Å². The molecule has 0 saturated carbocycles. The second-order valence-electron chi connectivity index (χ2n) is 6.62. The number of unbranched alkanes of at least 4 members (excludes halogenated alkanes) is 11. The number of cyclic esters (lactones) is 1. The quantitative estimate of drug-likeness (QED) is 0.379. The van der Waals surface area contributed by atoms with Gasteiger partial charge in [0.2, 0.25) is 0 Å². The lowest BCUT2D eigenvalue weighted by Crippen LogP contribution is -2.19. The van der Waals surface area contributed by atoms with Gasteiger partial charge in [0.15, 0.2) is 0 Å². The van der Waals surface area contributed by atoms with E-state index in [4.69, 9.17) is 4.74 Å². The second-order valence-corrected chi connectivity index (χ2v) is 6.62. The highest BCUT2D eigenvalue weighted by molar-refractivity contribution is 5.77. The van der Waals surface area contributed by atoms with Gasteiger partial charge in [-0.15, -0.1) is 0 Å². The summed E-state index contributed by atoms with van der Waals surface area (Å²) in [5.74, 6) is -0.467. The first-order valence-electron chi connectivity index (χ1n) is 9.25. The van der Waals surface area contributed by atoms with Crippen LogP contribution >= 0.6 is 0 Å². The van der Waals surface area contributed by atoms with Crippen molar-refractivity contribution in [3.8, 4) is 0 Å². The van der Waals surface area contributed by atoms with E-state index in [-0.39, 0.29) is 17.6 Å². The minimum absolute atomic E-state index is 0.217. The molecule has 0 bridgehead atoms. The first-order valence-corrected chi connectivity index (χ1v) is 9.25. The first-order chi connectivity index (χ1) is 10.7. The van der Waals surface area contributed by atoms with Gasteiger partial charge in [0.25, 0.3) is 0 Å². The molecular weight excluding hydrogens is 276 g/mol. The van der Waals surface area contributed by atoms with Crippen molar-refractivity contribution in [3.05, 3.63) is 12.3 Å². The predicted octanol–water partition coefficient (Wildman–Crippen LogP) is 5.13. The molecule has 3 nitrogen and oxygen atoms in total. The van der Waals surface area contributed by atoms with Crippen molar-refractivity contribution < 1.29 is 14.6 Å². The van der Waals surface area contributed by atoms with Gasteiger partial charge in [-0.2, -0.15) is 0 Å². The zero-order valence-corrected chi connectivity index (χ0v) is 14.3. The van der Waals surface area contributed by atoms with Crippen LogP contribution in [0.15, 0.2) is 12.3 Å². The predicted molar refractivity (Wildman–Crippen MR) is 90.4 cm³/mol. The van der Waals surface area contributed by atoms with Crippen LogP contribution in [-0.2, 0) is 9.53 Å². The summed E-state index contributed by atoms with van der Waals surface area (Å²) in [6.45, 7) is 5.81. The largest absolute Gasteiger partial charge is 0.429 e. The zero-order valence-electron chi connectivity index (χ0n) is 14.3. The molecule has 3 heteroatoms. The molecule has 1 saturated heterocycles. The van der Waals surface area contributed by atoms with Crippen molar-refractivity contribution in [1.29, 1.82) is 0 Å². The fourth-order valence-electron chi connectivity index (χ4n) is 3.10.